The van der Waals surface area contributed by atoms with Crippen LogP contribution in [0.4, 0.5) is 21.0 Å². The smallest absolute Gasteiger partial charge is 0.191 e. The molecule has 1 atom stereocenters. The minimum atomic E-state index is -0.324. The number of fused-ring (bicyclic) bond motifs is 1. The Morgan fingerprint density at radius 3 is 2.74 bits per heavy atom. The topological polar surface area (TPSA) is 85.4 Å². The van der Waals surface area contributed by atoms with Crippen LogP contribution in [0.15, 0.2) is 30.3 Å². The molecule has 4 heterocycles. The first kappa shape index (κ1) is 23.2. The van der Waals surface area contributed by atoms with E-state index in [0.29, 0.717) is 27.3 Å². The number of anilines is 3. The molecule has 0 saturated carbocycles. The molecule has 0 radical (unpaired) electrons. The number of nitrogens with one attached hydrogen (secondary N) is 1. The number of hydrogen-bond acceptors (Lipinski definition) is 8. The average Bonchev–Trinajstić information content (AvgIpc) is 3.46. The van der Waals surface area contributed by atoms with Crippen LogP contribution >= 0.6 is 11.3 Å². The third-order valence-electron chi connectivity index (χ3n) is 6.28. The summed E-state index contributed by atoms with van der Waals surface area (Å²) in [6, 6.07) is 10.8. The highest BCUT2D eigenvalue weighted by Crippen LogP contribution is 2.38. The molecule has 1 aromatic carbocycles. The number of hydrogen-bond donors (Lipinski definition) is 1. The third-order valence-corrected chi connectivity index (χ3v) is 7.32. The predicted molar refractivity (Wildman–Crippen MR) is 137 cm³/mol. The number of aromatic nitrogens is 4. The molecular weight excluding hydrogens is 463 g/mol. The molecule has 180 valence electrons. The number of nitrogens with zero attached hydrogens (tertiary/aromatic N) is 7. The maximum Gasteiger partial charge on any atom is 0.191 e. The lowest BCUT2D eigenvalue weighted by atomic mass is 10.1. The van der Waals surface area contributed by atoms with Gasteiger partial charge in [0.2, 0.25) is 0 Å². The first-order valence-corrected chi connectivity index (χ1v) is 12.5. The standard InChI is InChI=1S/C25H27FN8S/c1-5-19-23(24-29-21(12-16(3)34(24)31-19)33-11-10-28-15(2)14-33)32(4)25-30-22(20(13-27)35-25)17-6-8-18(26)9-7-17/h6-9,12,15,28H,5,10-11,14H2,1-4H3/t15-/m0/s1. The molecule has 1 saturated heterocycles. The molecule has 5 rings (SSSR count). The van der Waals surface area contributed by atoms with E-state index in [1.165, 1.54) is 23.5 Å². The van der Waals surface area contributed by atoms with Crippen molar-refractivity contribution in [2.45, 2.75) is 33.2 Å². The molecule has 0 bridgehead atoms. The lowest BCUT2D eigenvalue weighted by molar-refractivity contribution is 0.482. The van der Waals surface area contributed by atoms with Gasteiger partial charge in [0.05, 0.1) is 5.69 Å². The highest BCUT2D eigenvalue weighted by molar-refractivity contribution is 7.16. The molecule has 1 fully saturated rings. The molecule has 10 heteroatoms. The van der Waals surface area contributed by atoms with Gasteiger partial charge in [-0.05, 0) is 44.5 Å². The van der Waals surface area contributed by atoms with Gasteiger partial charge in [0, 0.05) is 50.0 Å². The molecule has 4 aromatic rings. The zero-order chi connectivity index (χ0) is 24.7. The number of thiazole rings is 1. The lowest BCUT2D eigenvalue weighted by Gasteiger charge is -2.33. The third kappa shape index (κ3) is 4.22. The van der Waals surface area contributed by atoms with E-state index in [9.17, 15) is 9.65 Å². The lowest BCUT2D eigenvalue weighted by Crippen LogP contribution is -2.49. The van der Waals surface area contributed by atoms with Gasteiger partial charge in [-0.15, -0.1) is 0 Å². The minimum Gasteiger partial charge on any atom is -0.354 e. The highest BCUT2D eigenvalue weighted by atomic mass is 32.1. The Hall–Kier alpha value is -3.55. The molecular formula is C25H27FN8S. The van der Waals surface area contributed by atoms with E-state index in [2.05, 4.69) is 36.2 Å². The summed E-state index contributed by atoms with van der Waals surface area (Å²) in [5.74, 6) is 0.610. The molecule has 0 unspecified atom stereocenters. The number of aryl methyl sites for hydroxylation is 2. The van der Waals surface area contributed by atoms with Gasteiger partial charge in [-0.25, -0.2) is 18.9 Å². The van der Waals surface area contributed by atoms with Crippen molar-refractivity contribution in [3.8, 4) is 17.3 Å². The van der Waals surface area contributed by atoms with Crippen molar-refractivity contribution in [3.63, 3.8) is 0 Å². The molecule has 35 heavy (non-hydrogen) atoms. The van der Waals surface area contributed by atoms with Gasteiger partial charge in [0.1, 0.15) is 34.0 Å². The summed E-state index contributed by atoms with van der Waals surface area (Å²) >= 11 is 1.31. The summed E-state index contributed by atoms with van der Waals surface area (Å²) < 4.78 is 15.3. The molecule has 1 N–H and O–H groups in total. The fourth-order valence-electron chi connectivity index (χ4n) is 4.49. The zero-order valence-corrected chi connectivity index (χ0v) is 21.0. The molecule has 1 aliphatic rings. The van der Waals surface area contributed by atoms with Crippen LogP contribution < -0.4 is 15.1 Å². The van der Waals surface area contributed by atoms with Crippen molar-refractivity contribution in [3.05, 3.63) is 52.4 Å². The Morgan fingerprint density at radius 1 is 1.29 bits per heavy atom. The highest BCUT2D eigenvalue weighted by Gasteiger charge is 2.25. The van der Waals surface area contributed by atoms with Crippen molar-refractivity contribution in [1.29, 1.82) is 5.26 Å². The van der Waals surface area contributed by atoms with E-state index in [1.807, 2.05) is 23.4 Å². The van der Waals surface area contributed by atoms with Gasteiger partial charge in [-0.2, -0.15) is 10.4 Å². The maximum atomic E-state index is 13.4. The number of rotatable bonds is 5. The van der Waals surface area contributed by atoms with E-state index < -0.39 is 0 Å². The van der Waals surface area contributed by atoms with Crippen LogP contribution in [0, 0.1) is 24.1 Å². The van der Waals surface area contributed by atoms with E-state index in [4.69, 9.17) is 15.1 Å². The number of piperazine rings is 1. The fraction of sp³-hybridized carbons (Fsp3) is 0.360. The monoisotopic (exact) mass is 490 g/mol. The number of benzene rings is 1. The van der Waals surface area contributed by atoms with Crippen molar-refractivity contribution in [1.82, 2.24) is 24.9 Å². The molecule has 0 amide bonds. The van der Waals surface area contributed by atoms with E-state index in [0.717, 1.165) is 54.6 Å². The van der Waals surface area contributed by atoms with E-state index in [1.54, 1.807) is 12.1 Å². The largest absolute Gasteiger partial charge is 0.354 e. The molecule has 0 aliphatic carbocycles. The minimum absolute atomic E-state index is 0.324. The van der Waals surface area contributed by atoms with Gasteiger partial charge in [-0.1, -0.05) is 18.3 Å². The van der Waals surface area contributed by atoms with Gasteiger partial charge in [0.25, 0.3) is 0 Å². The van der Waals surface area contributed by atoms with E-state index >= 15 is 0 Å². The normalized spacial score (nSPS) is 16.0. The zero-order valence-electron chi connectivity index (χ0n) is 20.2. The van der Waals surface area contributed by atoms with Gasteiger partial charge in [-0.3, -0.25) is 0 Å². The van der Waals surface area contributed by atoms with Gasteiger partial charge < -0.3 is 15.1 Å². The van der Waals surface area contributed by atoms with Crippen molar-refractivity contribution in [2.24, 2.45) is 0 Å². The second-order valence-corrected chi connectivity index (χ2v) is 9.77. The number of nitriles is 1. The predicted octanol–water partition coefficient (Wildman–Crippen LogP) is 4.30. The van der Waals surface area contributed by atoms with Crippen molar-refractivity contribution < 1.29 is 4.39 Å². The van der Waals surface area contributed by atoms with Crippen LogP contribution in [0.25, 0.3) is 16.9 Å². The average molecular weight is 491 g/mol. The van der Waals surface area contributed by atoms with Crippen LogP contribution in [0.3, 0.4) is 0 Å². The van der Waals surface area contributed by atoms with Crippen LogP contribution in [0.5, 0.6) is 0 Å². The second-order valence-electron chi connectivity index (χ2n) is 8.79. The Morgan fingerprint density at radius 2 is 2.06 bits per heavy atom. The van der Waals surface area contributed by atoms with Gasteiger partial charge in [0.15, 0.2) is 10.8 Å². The van der Waals surface area contributed by atoms with E-state index in [-0.39, 0.29) is 5.82 Å². The Labute approximate surface area is 207 Å². The summed E-state index contributed by atoms with van der Waals surface area (Å²) in [7, 11) is 1.93. The molecule has 0 spiro atoms. The van der Waals surface area contributed by atoms with Crippen LogP contribution in [0.2, 0.25) is 0 Å². The van der Waals surface area contributed by atoms with Crippen LogP contribution in [0.1, 0.15) is 30.1 Å². The quantitative estimate of drug-likeness (QED) is 0.446. The maximum absolute atomic E-state index is 13.4. The Kier molecular flexibility index (Phi) is 6.13. The number of halogens is 1. The van der Waals surface area contributed by atoms with Crippen LogP contribution in [-0.2, 0) is 6.42 Å². The summed E-state index contributed by atoms with van der Waals surface area (Å²) in [6.07, 6.45) is 0.726. The fourth-order valence-corrected chi connectivity index (χ4v) is 5.34. The Bertz CT molecular complexity index is 1420. The summed E-state index contributed by atoms with van der Waals surface area (Å²) in [6.45, 7) is 9.00. The second kappa shape index (κ2) is 9.24. The first-order valence-electron chi connectivity index (χ1n) is 11.7. The van der Waals surface area contributed by atoms with Crippen molar-refractivity contribution in [2.75, 3.05) is 36.5 Å². The summed E-state index contributed by atoms with van der Waals surface area (Å²) in [5.41, 5.74) is 4.82. The van der Waals surface area contributed by atoms with Gasteiger partial charge >= 0.3 is 0 Å². The SMILES string of the molecule is CCc1nn2c(C)cc(N3CCN[C@@H](C)C3)nc2c1N(C)c1nc(-c2ccc(F)cc2)c(C#N)s1. The Balaban J connectivity index is 1.61. The summed E-state index contributed by atoms with van der Waals surface area (Å²) in [4.78, 5) is 14.6. The van der Waals surface area contributed by atoms with Crippen LogP contribution in [-0.4, -0.2) is 52.3 Å². The molecule has 8 nitrogen and oxygen atoms in total. The summed E-state index contributed by atoms with van der Waals surface area (Å²) in [5, 5.41) is 18.7. The van der Waals surface area contributed by atoms with Crippen molar-refractivity contribution >= 4 is 33.6 Å². The molecule has 3 aromatic heterocycles. The molecule has 1 aliphatic heterocycles. The first-order chi connectivity index (χ1) is 16.9.